The Morgan fingerprint density at radius 1 is 1.26 bits per heavy atom. The summed E-state index contributed by atoms with van der Waals surface area (Å²) >= 11 is 1.16. The maximum absolute atomic E-state index is 14.5. The van der Waals surface area contributed by atoms with E-state index in [-0.39, 0.29) is 5.56 Å². The predicted octanol–water partition coefficient (Wildman–Crippen LogP) is 2.20. The number of nitrogens with one attached hydrogen (secondary N) is 1. The highest BCUT2D eigenvalue weighted by Gasteiger charge is 2.21. The first-order chi connectivity index (χ1) is 14.8. The average Bonchev–Trinajstić information content (AvgIpc) is 3.23. The zero-order valence-corrected chi connectivity index (χ0v) is 17.0. The number of benzene rings is 1. The van der Waals surface area contributed by atoms with Gasteiger partial charge in [0.1, 0.15) is 23.7 Å². The van der Waals surface area contributed by atoms with Gasteiger partial charge in [0.05, 0.1) is 28.9 Å². The highest BCUT2D eigenvalue weighted by molar-refractivity contribution is 7.06. The highest BCUT2D eigenvalue weighted by atomic mass is 32.1. The molecule has 0 aliphatic heterocycles. The van der Waals surface area contributed by atoms with Gasteiger partial charge < -0.3 is 20.9 Å². The molecule has 8 nitrogen and oxygen atoms in total. The number of hydrogen-bond donors (Lipinski definition) is 3. The first-order valence-corrected chi connectivity index (χ1v) is 9.81. The summed E-state index contributed by atoms with van der Waals surface area (Å²) in [5.74, 6) is -2.86. The standard InChI is InChI=1S/C20H18F2N4O4S/c1-10(30-12-3-5-18(22)24-8-12)17-7-15(26-31-17)11-2-4-13(14(21)6-11)20(29)25-16(9-27)19(23)28/h2-8,10,16,27H,9H2,1H3,(H2,23,28)(H,25,29)/t10?,16-/m0/s1. The van der Waals surface area contributed by atoms with E-state index in [1.54, 1.807) is 13.0 Å². The molecule has 3 aromatic rings. The molecule has 1 unspecified atom stereocenters. The lowest BCUT2D eigenvalue weighted by Crippen LogP contribution is -2.47. The molecule has 0 saturated heterocycles. The molecule has 0 radical (unpaired) electrons. The second-order valence-corrected chi connectivity index (χ2v) is 7.33. The van der Waals surface area contributed by atoms with Crippen molar-refractivity contribution in [2.75, 3.05) is 6.61 Å². The van der Waals surface area contributed by atoms with Crippen LogP contribution in [0.2, 0.25) is 0 Å². The number of amides is 2. The summed E-state index contributed by atoms with van der Waals surface area (Å²) in [4.78, 5) is 27.5. The number of carbonyl (C=O) groups is 2. The van der Waals surface area contributed by atoms with E-state index >= 15 is 0 Å². The van der Waals surface area contributed by atoms with Crippen LogP contribution < -0.4 is 15.8 Å². The number of nitrogens with zero attached hydrogens (tertiary/aromatic N) is 2. The van der Waals surface area contributed by atoms with Crippen LogP contribution in [0.15, 0.2) is 42.6 Å². The van der Waals surface area contributed by atoms with Gasteiger partial charge in [0.15, 0.2) is 0 Å². The fraction of sp³-hybridized carbons (Fsp3) is 0.200. The van der Waals surface area contributed by atoms with E-state index in [0.29, 0.717) is 17.0 Å². The van der Waals surface area contributed by atoms with Crippen LogP contribution in [0, 0.1) is 11.8 Å². The van der Waals surface area contributed by atoms with Crippen LogP contribution in [-0.4, -0.2) is 38.9 Å². The van der Waals surface area contributed by atoms with Gasteiger partial charge in [0.2, 0.25) is 11.9 Å². The second-order valence-electron chi connectivity index (χ2n) is 6.50. The molecule has 2 aromatic heterocycles. The number of primary amides is 1. The first-order valence-electron chi connectivity index (χ1n) is 9.04. The van der Waals surface area contributed by atoms with E-state index in [2.05, 4.69) is 14.7 Å². The number of ether oxygens (including phenoxy) is 1. The molecule has 2 atom stereocenters. The molecular weight excluding hydrogens is 430 g/mol. The molecule has 0 aliphatic rings. The monoisotopic (exact) mass is 448 g/mol. The van der Waals surface area contributed by atoms with Crippen LogP contribution in [0.5, 0.6) is 5.75 Å². The van der Waals surface area contributed by atoms with E-state index in [0.717, 1.165) is 22.5 Å². The summed E-state index contributed by atoms with van der Waals surface area (Å²) in [5, 5.41) is 11.2. The summed E-state index contributed by atoms with van der Waals surface area (Å²) in [5.41, 5.74) is 5.65. The van der Waals surface area contributed by atoms with E-state index in [1.807, 2.05) is 0 Å². The van der Waals surface area contributed by atoms with Gasteiger partial charge >= 0.3 is 0 Å². The molecule has 0 spiro atoms. The lowest BCUT2D eigenvalue weighted by atomic mass is 10.1. The van der Waals surface area contributed by atoms with Gasteiger partial charge in [-0.05, 0) is 48.8 Å². The largest absolute Gasteiger partial charge is 0.484 e. The Morgan fingerprint density at radius 2 is 2.03 bits per heavy atom. The van der Waals surface area contributed by atoms with Crippen LogP contribution >= 0.6 is 11.5 Å². The molecule has 0 aliphatic carbocycles. The number of rotatable bonds is 8. The van der Waals surface area contributed by atoms with Crippen molar-refractivity contribution in [3.63, 3.8) is 0 Å². The number of carbonyl (C=O) groups excluding carboxylic acids is 2. The Balaban J connectivity index is 1.73. The van der Waals surface area contributed by atoms with Crippen molar-refractivity contribution >= 4 is 23.3 Å². The Bertz CT molecular complexity index is 1090. The maximum atomic E-state index is 14.5. The molecule has 11 heteroatoms. The summed E-state index contributed by atoms with van der Waals surface area (Å²) in [7, 11) is 0. The number of pyridine rings is 1. The minimum atomic E-state index is -1.31. The SMILES string of the molecule is CC(Oc1ccc(F)nc1)c1cc(-c2ccc(C(=O)N[C@@H](CO)C(N)=O)c(F)c2)ns1. The van der Waals surface area contributed by atoms with Gasteiger partial charge in [-0.15, -0.1) is 0 Å². The first kappa shape index (κ1) is 22.2. The smallest absolute Gasteiger partial charge is 0.254 e. The average molecular weight is 448 g/mol. The van der Waals surface area contributed by atoms with Gasteiger partial charge in [-0.1, -0.05) is 6.07 Å². The lowest BCUT2D eigenvalue weighted by Gasteiger charge is -2.13. The quantitative estimate of drug-likeness (QED) is 0.454. The predicted molar refractivity (Wildman–Crippen MR) is 108 cm³/mol. The van der Waals surface area contributed by atoms with Crippen LogP contribution in [0.4, 0.5) is 8.78 Å². The summed E-state index contributed by atoms with van der Waals surface area (Å²) in [6.45, 7) is 1.08. The van der Waals surface area contributed by atoms with Crippen molar-refractivity contribution in [1.29, 1.82) is 0 Å². The van der Waals surface area contributed by atoms with Gasteiger partial charge in [-0.2, -0.15) is 8.76 Å². The second kappa shape index (κ2) is 9.58. The Kier molecular flexibility index (Phi) is 6.88. The van der Waals surface area contributed by atoms with E-state index in [1.165, 1.54) is 30.5 Å². The number of aliphatic hydroxyl groups excluding tert-OH is 1. The maximum Gasteiger partial charge on any atom is 0.254 e. The summed E-state index contributed by atoms with van der Waals surface area (Å²) in [6.07, 6.45) is 0.865. The third-order valence-electron chi connectivity index (χ3n) is 4.28. The van der Waals surface area contributed by atoms with Crippen molar-refractivity contribution in [2.45, 2.75) is 19.1 Å². The molecule has 0 saturated carbocycles. The molecule has 3 rings (SSSR count). The minimum absolute atomic E-state index is 0.306. The van der Waals surface area contributed by atoms with Crippen molar-refractivity contribution in [2.24, 2.45) is 5.73 Å². The van der Waals surface area contributed by atoms with Crippen LogP contribution in [0.3, 0.4) is 0 Å². The zero-order chi connectivity index (χ0) is 22.5. The number of halogens is 2. The van der Waals surface area contributed by atoms with Gasteiger partial charge in [0.25, 0.3) is 5.91 Å². The molecule has 2 amide bonds. The minimum Gasteiger partial charge on any atom is -0.484 e. The number of nitrogens with two attached hydrogens (primary N) is 1. The van der Waals surface area contributed by atoms with Gasteiger partial charge in [-0.25, -0.2) is 9.37 Å². The van der Waals surface area contributed by atoms with Crippen LogP contribution in [0.25, 0.3) is 11.3 Å². The summed E-state index contributed by atoms with van der Waals surface area (Å²) < 4.78 is 37.4. The summed E-state index contributed by atoms with van der Waals surface area (Å²) in [6, 6.07) is 6.94. The van der Waals surface area contributed by atoms with Crippen molar-refractivity contribution in [1.82, 2.24) is 14.7 Å². The third-order valence-corrected chi connectivity index (χ3v) is 5.23. The molecule has 0 bridgehead atoms. The molecule has 0 fully saturated rings. The molecule has 162 valence electrons. The lowest BCUT2D eigenvalue weighted by molar-refractivity contribution is -0.120. The van der Waals surface area contributed by atoms with Crippen LogP contribution in [0.1, 0.15) is 28.3 Å². The van der Waals surface area contributed by atoms with Crippen LogP contribution in [-0.2, 0) is 4.79 Å². The molecular formula is C20H18F2N4O4S. The number of hydrogen-bond acceptors (Lipinski definition) is 7. The normalized spacial score (nSPS) is 12.8. The molecule has 2 heterocycles. The van der Waals surface area contributed by atoms with Gasteiger partial charge in [-0.3, -0.25) is 9.59 Å². The van der Waals surface area contributed by atoms with Crippen molar-refractivity contribution in [3.05, 3.63) is 64.8 Å². The number of aliphatic hydroxyl groups is 1. The molecule has 4 N–H and O–H groups in total. The Labute approximate surface area is 179 Å². The zero-order valence-electron chi connectivity index (χ0n) is 16.2. The topological polar surface area (TPSA) is 127 Å². The van der Waals surface area contributed by atoms with E-state index in [9.17, 15) is 18.4 Å². The van der Waals surface area contributed by atoms with E-state index < -0.39 is 42.3 Å². The molecule has 31 heavy (non-hydrogen) atoms. The molecule has 1 aromatic carbocycles. The Morgan fingerprint density at radius 3 is 2.65 bits per heavy atom. The van der Waals surface area contributed by atoms with Crippen molar-refractivity contribution in [3.8, 4) is 17.0 Å². The van der Waals surface area contributed by atoms with Crippen molar-refractivity contribution < 1.29 is 28.2 Å². The fourth-order valence-electron chi connectivity index (χ4n) is 2.61. The van der Waals surface area contributed by atoms with E-state index in [4.69, 9.17) is 15.6 Å². The number of aromatic nitrogens is 2. The fourth-order valence-corrected chi connectivity index (χ4v) is 3.34. The highest BCUT2D eigenvalue weighted by Crippen LogP contribution is 2.29. The van der Waals surface area contributed by atoms with Gasteiger partial charge in [0, 0.05) is 5.56 Å². The Hall–Kier alpha value is -3.44. The third kappa shape index (κ3) is 5.38.